The van der Waals surface area contributed by atoms with Gasteiger partial charge in [0.05, 0.1) is 20.9 Å². The molecule has 0 bridgehead atoms. The zero-order chi connectivity index (χ0) is 27.8. The molecule has 2 heterocycles. The van der Waals surface area contributed by atoms with Gasteiger partial charge in [0.2, 0.25) is 0 Å². The third kappa shape index (κ3) is 5.88. The summed E-state index contributed by atoms with van der Waals surface area (Å²) in [5.41, 5.74) is 2.59. The third-order valence-corrected chi connectivity index (χ3v) is 7.45. The number of benzene rings is 2. The highest BCUT2D eigenvalue weighted by atomic mass is 79.9. The van der Waals surface area contributed by atoms with E-state index in [0.29, 0.717) is 55.1 Å². The minimum absolute atomic E-state index is 0.122. The molecule has 200 valence electrons. The number of halogens is 3. The summed E-state index contributed by atoms with van der Waals surface area (Å²) in [6, 6.07) is 11.7. The van der Waals surface area contributed by atoms with Gasteiger partial charge >= 0.3 is 6.09 Å². The van der Waals surface area contributed by atoms with Crippen molar-refractivity contribution in [3.8, 4) is 17.3 Å². The van der Waals surface area contributed by atoms with Crippen LogP contribution in [0.1, 0.15) is 31.9 Å². The Balaban J connectivity index is 1.84. The molecule has 0 saturated carbocycles. The monoisotopic (exact) mass is 601 g/mol. The van der Waals surface area contributed by atoms with Gasteiger partial charge in [-0.25, -0.2) is 14.2 Å². The van der Waals surface area contributed by atoms with E-state index in [4.69, 9.17) is 16.3 Å². The van der Waals surface area contributed by atoms with E-state index in [-0.39, 0.29) is 21.1 Å². The van der Waals surface area contributed by atoms with Crippen LogP contribution in [0.25, 0.3) is 22.2 Å². The van der Waals surface area contributed by atoms with Crippen LogP contribution in [-0.4, -0.2) is 66.8 Å². The van der Waals surface area contributed by atoms with Crippen LogP contribution in [0, 0.1) is 17.1 Å². The second kappa shape index (κ2) is 11.0. The fourth-order valence-corrected chi connectivity index (χ4v) is 5.05. The maximum atomic E-state index is 15.5. The number of aromatic nitrogens is 1. The van der Waals surface area contributed by atoms with E-state index in [1.165, 1.54) is 0 Å². The standard InChI is InChI=1S/C28H30BrClFN5O2/c1-28(2,3)38-27(37)36-11-9-35(10-12-36)26-19-14-21(30)22(29)23(31)25(19)33-24(20(26)15-32)18-8-6-7-17(13-18)16-34(4)5/h6-8,13-14H,9-12,16H2,1-5H3. The summed E-state index contributed by atoms with van der Waals surface area (Å²) in [4.78, 5) is 23.0. The fourth-order valence-electron chi connectivity index (χ4n) is 4.55. The minimum atomic E-state index is -0.596. The number of hydrogen-bond acceptors (Lipinski definition) is 6. The van der Waals surface area contributed by atoms with Gasteiger partial charge in [-0.2, -0.15) is 5.26 Å². The molecule has 2 aromatic carbocycles. The highest BCUT2D eigenvalue weighted by molar-refractivity contribution is 9.10. The highest BCUT2D eigenvalue weighted by Crippen LogP contribution is 2.41. The van der Waals surface area contributed by atoms with E-state index < -0.39 is 11.4 Å². The Morgan fingerprint density at radius 1 is 1.24 bits per heavy atom. The third-order valence-electron chi connectivity index (χ3n) is 6.15. The van der Waals surface area contributed by atoms with Crippen LogP contribution in [0.4, 0.5) is 14.9 Å². The molecule has 0 radical (unpaired) electrons. The maximum absolute atomic E-state index is 15.5. The van der Waals surface area contributed by atoms with Crippen molar-refractivity contribution in [3.05, 3.63) is 56.8 Å². The summed E-state index contributed by atoms with van der Waals surface area (Å²) in [5, 5.41) is 11.0. The lowest BCUT2D eigenvalue weighted by atomic mass is 9.98. The van der Waals surface area contributed by atoms with Gasteiger partial charge in [0.15, 0.2) is 5.82 Å². The lowest BCUT2D eigenvalue weighted by Crippen LogP contribution is -2.50. The molecular weight excluding hydrogens is 573 g/mol. The zero-order valence-corrected chi connectivity index (χ0v) is 24.5. The molecule has 0 aliphatic carbocycles. The number of fused-ring (bicyclic) bond motifs is 1. The quantitative estimate of drug-likeness (QED) is 0.320. The second-order valence-electron chi connectivity index (χ2n) is 10.6. The molecule has 0 atom stereocenters. The lowest BCUT2D eigenvalue weighted by molar-refractivity contribution is 0.0240. The average molecular weight is 603 g/mol. The number of nitriles is 1. The van der Waals surface area contributed by atoms with E-state index in [2.05, 4.69) is 27.0 Å². The highest BCUT2D eigenvalue weighted by Gasteiger charge is 2.30. The molecule has 0 N–H and O–H groups in total. The van der Waals surface area contributed by atoms with Crippen molar-refractivity contribution in [1.82, 2.24) is 14.8 Å². The topological polar surface area (TPSA) is 72.7 Å². The van der Waals surface area contributed by atoms with Crippen molar-refractivity contribution in [2.75, 3.05) is 45.2 Å². The molecule has 0 unspecified atom stereocenters. The Morgan fingerprint density at radius 2 is 1.92 bits per heavy atom. The van der Waals surface area contributed by atoms with Crippen molar-refractivity contribution in [3.63, 3.8) is 0 Å². The first-order valence-electron chi connectivity index (χ1n) is 12.3. The van der Waals surface area contributed by atoms with Gasteiger partial charge in [-0.05, 0) is 68.5 Å². The van der Waals surface area contributed by atoms with E-state index in [0.717, 1.165) is 11.1 Å². The van der Waals surface area contributed by atoms with Crippen LogP contribution in [0.5, 0.6) is 0 Å². The number of rotatable bonds is 4. The Labute approximate surface area is 235 Å². The number of amides is 1. The normalized spacial score (nSPS) is 14.2. The van der Waals surface area contributed by atoms with E-state index in [1.54, 1.807) is 11.0 Å². The van der Waals surface area contributed by atoms with Crippen LogP contribution in [0.2, 0.25) is 5.02 Å². The molecule has 7 nitrogen and oxygen atoms in total. The second-order valence-corrected chi connectivity index (χ2v) is 11.8. The molecular formula is C28H30BrClFN5O2. The Morgan fingerprint density at radius 3 is 2.53 bits per heavy atom. The van der Waals surface area contributed by atoms with Crippen LogP contribution >= 0.6 is 27.5 Å². The molecule has 1 aromatic heterocycles. The lowest BCUT2D eigenvalue weighted by Gasteiger charge is -2.37. The SMILES string of the molecule is CN(C)Cc1cccc(-c2nc3c(F)c(Br)c(Cl)cc3c(N3CCN(C(=O)OC(C)(C)C)CC3)c2C#N)c1. The molecule has 1 aliphatic rings. The van der Waals surface area contributed by atoms with E-state index >= 15 is 4.39 Å². The molecule has 1 saturated heterocycles. The maximum Gasteiger partial charge on any atom is 0.410 e. The molecule has 1 amide bonds. The van der Waals surface area contributed by atoms with Crippen LogP contribution in [0.15, 0.2) is 34.8 Å². The predicted molar refractivity (Wildman–Crippen MR) is 152 cm³/mol. The van der Waals surface area contributed by atoms with Gasteiger partial charge < -0.3 is 19.4 Å². The summed E-state index contributed by atoms with van der Waals surface area (Å²) in [6.45, 7) is 7.84. The summed E-state index contributed by atoms with van der Waals surface area (Å²) in [7, 11) is 3.96. The van der Waals surface area contributed by atoms with Crippen molar-refractivity contribution in [1.29, 1.82) is 5.26 Å². The average Bonchev–Trinajstić information content (AvgIpc) is 2.85. The summed E-state index contributed by atoms with van der Waals surface area (Å²) in [6.07, 6.45) is -0.381. The number of pyridine rings is 1. The van der Waals surface area contributed by atoms with Gasteiger partial charge in [0.1, 0.15) is 22.8 Å². The number of ether oxygens (including phenoxy) is 1. The van der Waals surface area contributed by atoms with Gasteiger partial charge in [-0.15, -0.1) is 0 Å². The molecule has 1 aliphatic heterocycles. The molecule has 4 rings (SSSR count). The van der Waals surface area contributed by atoms with Gasteiger partial charge in [-0.1, -0.05) is 29.8 Å². The minimum Gasteiger partial charge on any atom is -0.444 e. The number of carbonyl (C=O) groups is 1. The molecule has 3 aromatic rings. The number of hydrogen-bond donors (Lipinski definition) is 0. The number of anilines is 1. The van der Waals surface area contributed by atoms with Crippen molar-refractivity contribution >= 4 is 50.2 Å². The van der Waals surface area contributed by atoms with Gasteiger partial charge in [0.25, 0.3) is 0 Å². The molecule has 1 fully saturated rings. The van der Waals surface area contributed by atoms with Crippen LogP contribution < -0.4 is 4.90 Å². The smallest absolute Gasteiger partial charge is 0.410 e. The first-order valence-corrected chi connectivity index (χ1v) is 13.4. The first-order chi connectivity index (χ1) is 17.9. The van der Waals surface area contributed by atoms with E-state index in [1.807, 2.05) is 68.9 Å². The Bertz CT molecular complexity index is 1430. The van der Waals surface area contributed by atoms with Gasteiger partial charge in [-0.3, -0.25) is 0 Å². The van der Waals surface area contributed by atoms with Crippen LogP contribution in [-0.2, 0) is 11.3 Å². The summed E-state index contributed by atoms with van der Waals surface area (Å²) >= 11 is 9.60. The predicted octanol–water partition coefficient (Wildman–Crippen LogP) is 6.45. The number of piperazine rings is 1. The number of nitrogens with zero attached hydrogens (tertiary/aromatic N) is 5. The molecule has 0 spiro atoms. The van der Waals surface area contributed by atoms with Crippen LogP contribution in [0.3, 0.4) is 0 Å². The first kappa shape index (κ1) is 28.1. The van der Waals surface area contributed by atoms with E-state index in [9.17, 15) is 10.1 Å². The Kier molecular flexibility index (Phi) is 8.17. The Hall–Kier alpha value is -2.93. The van der Waals surface area contributed by atoms with Crippen molar-refractivity contribution in [2.45, 2.75) is 32.9 Å². The summed E-state index contributed by atoms with van der Waals surface area (Å²) < 4.78 is 21.2. The fraction of sp³-hybridized carbons (Fsp3) is 0.393. The molecule has 38 heavy (non-hydrogen) atoms. The largest absolute Gasteiger partial charge is 0.444 e. The summed E-state index contributed by atoms with van der Waals surface area (Å²) in [5.74, 6) is -0.587. The number of carbonyl (C=O) groups excluding carboxylic acids is 1. The zero-order valence-electron chi connectivity index (χ0n) is 22.1. The molecule has 10 heteroatoms. The van der Waals surface area contributed by atoms with Crippen molar-refractivity contribution < 1.29 is 13.9 Å². The van der Waals surface area contributed by atoms with Gasteiger partial charge in [0, 0.05) is 43.7 Å². The van der Waals surface area contributed by atoms with Crippen molar-refractivity contribution in [2.24, 2.45) is 0 Å².